The van der Waals surface area contributed by atoms with Crippen molar-refractivity contribution in [1.29, 1.82) is 0 Å². The van der Waals surface area contributed by atoms with Gasteiger partial charge in [0, 0.05) is 18.1 Å². The first kappa shape index (κ1) is 17.5. The largest absolute Gasteiger partial charge is 0.379 e. The van der Waals surface area contributed by atoms with Gasteiger partial charge in [0.2, 0.25) is 5.91 Å². The highest BCUT2D eigenvalue weighted by Crippen LogP contribution is 2.36. The number of carbonyl (C=O) groups is 1. The first-order valence-corrected chi connectivity index (χ1v) is 9.55. The third-order valence-corrected chi connectivity index (χ3v) is 5.58. The monoisotopic (exact) mass is 370 g/mol. The molecule has 0 aliphatic carbocycles. The summed E-state index contributed by atoms with van der Waals surface area (Å²) in [6.07, 6.45) is 0.830. The van der Waals surface area contributed by atoms with Crippen molar-refractivity contribution < 1.29 is 9.53 Å². The van der Waals surface area contributed by atoms with E-state index in [1.807, 2.05) is 36.4 Å². The van der Waals surface area contributed by atoms with Gasteiger partial charge in [0.25, 0.3) is 0 Å². The molecule has 0 spiro atoms. The summed E-state index contributed by atoms with van der Waals surface area (Å²) >= 11 is 6.02. The molecule has 1 N–H and O–H groups in total. The molecule has 2 aliphatic rings. The van der Waals surface area contributed by atoms with E-state index in [-0.39, 0.29) is 17.9 Å². The number of ether oxygens (including phenoxy) is 1. The fraction of sp³-hybridized carbons (Fsp3) is 0.381. The molecule has 1 saturated heterocycles. The lowest BCUT2D eigenvalue weighted by Gasteiger charge is -2.34. The maximum absolute atomic E-state index is 12.9. The van der Waals surface area contributed by atoms with Crippen LogP contribution in [0.5, 0.6) is 0 Å². The van der Waals surface area contributed by atoms with Crippen LogP contribution in [-0.4, -0.2) is 43.7 Å². The first-order valence-electron chi connectivity index (χ1n) is 9.17. The molecule has 2 aliphatic heterocycles. The van der Waals surface area contributed by atoms with Gasteiger partial charge in [0.1, 0.15) is 0 Å². The van der Waals surface area contributed by atoms with Gasteiger partial charge in [-0.3, -0.25) is 9.69 Å². The molecule has 2 atom stereocenters. The zero-order valence-corrected chi connectivity index (χ0v) is 15.4. The van der Waals surface area contributed by atoms with Crippen LogP contribution in [0.25, 0.3) is 0 Å². The van der Waals surface area contributed by atoms with E-state index in [0.29, 0.717) is 5.02 Å². The summed E-state index contributed by atoms with van der Waals surface area (Å²) in [6, 6.07) is 15.9. The molecule has 0 aromatic heterocycles. The lowest BCUT2D eigenvalue weighted by molar-refractivity contribution is -0.124. The fourth-order valence-corrected chi connectivity index (χ4v) is 4.02. The third-order valence-electron chi connectivity index (χ3n) is 5.33. The van der Waals surface area contributed by atoms with E-state index < -0.39 is 0 Å². The van der Waals surface area contributed by atoms with Crippen LogP contribution in [0.3, 0.4) is 0 Å². The summed E-state index contributed by atoms with van der Waals surface area (Å²) in [5.74, 6) is 0.00880. The highest BCUT2D eigenvalue weighted by atomic mass is 35.5. The maximum atomic E-state index is 12.9. The van der Waals surface area contributed by atoms with Crippen molar-refractivity contribution in [2.45, 2.75) is 18.4 Å². The van der Waals surface area contributed by atoms with Crippen LogP contribution >= 0.6 is 11.6 Å². The average molecular weight is 371 g/mol. The van der Waals surface area contributed by atoms with Crippen LogP contribution in [-0.2, 0) is 9.53 Å². The molecule has 4 nitrogen and oxygen atoms in total. The zero-order valence-electron chi connectivity index (χ0n) is 14.7. The molecule has 0 bridgehead atoms. The van der Waals surface area contributed by atoms with E-state index in [4.69, 9.17) is 16.3 Å². The Kier molecular flexibility index (Phi) is 5.25. The summed E-state index contributed by atoms with van der Waals surface area (Å²) in [6.45, 7) is 4.38. The lowest BCUT2D eigenvalue weighted by Crippen LogP contribution is -2.42. The average Bonchev–Trinajstić information content (AvgIpc) is 2.68. The van der Waals surface area contributed by atoms with Gasteiger partial charge in [0.05, 0.1) is 25.2 Å². The Morgan fingerprint density at radius 2 is 1.73 bits per heavy atom. The summed E-state index contributed by atoms with van der Waals surface area (Å²) < 4.78 is 5.41. The topological polar surface area (TPSA) is 41.6 Å². The molecule has 4 rings (SSSR count). The van der Waals surface area contributed by atoms with Gasteiger partial charge in [0.15, 0.2) is 0 Å². The van der Waals surface area contributed by atoms with E-state index in [2.05, 4.69) is 22.3 Å². The quantitative estimate of drug-likeness (QED) is 0.897. The van der Waals surface area contributed by atoms with Crippen LogP contribution in [0.4, 0.5) is 0 Å². The van der Waals surface area contributed by atoms with Crippen LogP contribution in [0.1, 0.15) is 35.1 Å². The van der Waals surface area contributed by atoms with Crippen molar-refractivity contribution in [1.82, 2.24) is 10.2 Å². The minimum Gasteiger partial charge on any atom is -0.379 e. The molecule has 136 valence electrons. The molecule has 2 heterocycles. The molecule has 0 radical (unpaired) electrons. The van der Waals surface area contributed by atoms with Crippen molar-refractivity contribution in [2.24, 2.45) is 0 Å². The van der Waals surface area contributed by atoms with Gasteiger partial charge in [-0.05, 0) is 41.8 Å². The minimum atomic E-state index is -0.115. The van der Waals surface area contributed by atoms with Gasteiger partial charge in [-0.25, -0.2) is 0 Å². The Balaban J connectivity index is 1.57. The van der Waals surface area contributed by atoms with Crippen LogP contribution in [0.2, 0.25) is 5.02 Å². The number of nitrogens with one attached hydrogen (secondary N) is 1. The number of halogens is 1. The minimum absolute atomic E-state index is 0.0994. The number of fused-ring (bicyclic) bond motifs is 1. The smallest absolute Gasteiger partial charge is 0.228 e. The first-order chi connectivity index (χ1) is 12.7. The number of morpholine rings is 1. The number of benzene rings is 2. The molecular formula is C21H23ClN2O2. The Hall–Kier alpha value is -1.88. The van der Waals surface area contributed by atoms with Crippen molar-refractivity contribution in [3.8, 4) is 0 Å². The highest BCUT2D eigenvalue weighted by Gasteiger charge is 2.33. The molecule has 1 amide bonds. The molecule has 26 heavy (non-hydrogen) atoms. The molecule has 5 heteroatoms. The van der Waals surface area contributed by atoms with Gasteiger partial charge >= 0.3 is 0 Å². The van der Waals surface area contributed by atoms with E-state index in [0.717, 1.165) is 50.4 Å². The van der Waals surface area contributed by atoms with Crippen LogP contribution < -0.4 is 5.32 Å². The molecular weight excluding hydrogens is 348 g/mol. The second-order valence-corrected chi connectivity index (χ2v) is 7.35. The summed E-state index contributed by atoms with van der Waals surface area (Å²) in [4.78, 5) is 15.3. The van der Waals surface area contributed by atoms with E-state index in [9.17, 15) is 4.79 Å². The maximum Gasteiger partial charge on any atom is 0.228 e. The van der Waals surface area contributed by atoms with E-state index in [1.54, 1.807) is 0 Å². The predicted molar refractivity (Wildman–Crippen MR) is 102 cm³/mol. The zero-order chi connectivity index (χ0) is 17.9. The molecule has 2 aromatic rings. The highest BCUT2D eigenvalue weighted by molar-refractivity contribution is 6.30. The number of hydrogen-bond donors (Lipinski definition) is 1. The standard InChI is InChI=1S/C21H23ClN2O2/c22-16-7-5-15(6-8-16)20-18-4-2-1-3-17(18)19(21(25)23-20)9-10-24-11-13-26-14-12-24/h1-8,19-20H,9-14H2,(H,23,25). The summed E-state index contributed by atoms with van der Waals surface area (Å²) in [5.41, 5.74) is 3.38. The van der Waals surface area contributed by atoms with Crippen molar-refractivity contribution in [3.63, 3.8) is 0 Å². The molecule has 0 saturated carbocycles. The second-order valence-electron chi connectivity index (χ2n) is 6.92. The Morgan fingerprint density at radius 3 is 2.46 bits per heavy atom. The lowest BCUT2D eigenvalue weighted by atomic mass is 9.82. The van der Waals surface area contributed by atoms with Gasteiger partial charge < -0.3 is 10.1 Å². The van der Waals surface area contributed by atoms with Crippen LogP contribution in [0.15, 0.2) is 48.5 Å². The molecule has 2 unspecified atom stereocenters. The predicted octanol–water partition coefficient (Wildman–Crippen LogP) is 3.37. The number of amides is 1. The molecule has 2 aromatic carbocycles. The van der Waals surface area contributed by atoms with Crippen molar-refractivity contribution in [3.05, 3.63) is 70.2 Å². The Bertz CT molecular complexity index is 772. The number of rotatable bonds is 4. The van der Waals surface area contributed by atoms with Gasteiger partial charge in [-0.15, -0.1) is 0 Å². The van der Waals surface area contributed by atoms with Crippen LogP contribution in [0, 0.1) is 0 Å². The number of hydrogen-bond acceptors (Lipinski definition) is 3. The molecule has 1 fully saturated rings. The fourth-order valence-electron chi connectivity index (χ4n) is 3.89. The van der Waals surface area contributed by atoms with Crippen molar-refractivity contribution in [2.75, 3.05) is 32.8 Å². The third kappa shape index (κ3) is 3.63. The summed E-state index contributed by atoms with van der Waals surface area (Å²) in [5, 5.41) is 3.92. The SMILES string of the molecule is O=C1NC(c2ccc(Cl)cc2)c2ccccc2C1CCN1CCOCC1. The normalized spacial score (nSPS) is 23.3. The Labute approximate surface area is 159 Å². The summed E-state index contributed by atoms with van der Waals surface area (Å²) in [7, 11) is 0. The second kappa shape index (κ2) is 7.78. The van der Waals surface area contributed by atoms with E-state index in [1.165, 1.54) is 5.56 Å². The van der Waals surface area contributed by atoms with Crippen molar-refractivity contribution >= 4 is 17.5 Å². The number of nitrogens with zero attached hydrogens (tertiary/aromatic N) is 1. The van der Waals surface area contributed by atoms with Gasteiger partial charge in [-0.1, -0.05) is 48.0 Å². The van der Waals surface area contributed by atoms with Gasteiger partial charge in [-0.2, -0.15) is 0 Å². The number of carbonyl (C=O) groups excluding carboxylic acids is 1. The van der Waals surface area contributed by atoms with E-state index >= 15 is 0 Å². The Morgan fingerprint density at radius 1 is 1.04 bits per heavy atom.